The van der Waals surface area contributed by atoms with Crippen LogP contribution in [0.15, 0.2) is 30.3 Å². The zero-order chi connectivity index (χ0) is 10.6. The second-order valence-corrected chi connectivity index (χ2v) is 2.86. The van der Waals surface area contributed by atoms with E-state index >= 15 is 0 Å². The smallest absolute Gasteiger partial charge is 0.328 e. The fraction of sp³-hybridized carbons (Fsp3) is 0.0909. The number of allylic oxidation sites excluding steroid dienone is 1. The average molecular weight is 187 g/mol. The molecule has 0 aliphatic carbocycles. The van der Waals surface area contributed by atoms with E-state index in [1.165, 1.54) is 0 Å². The van der Waals surface area contributed by atoms with Crippen molar-refractivity contribution in [3.8, 4) is 6.07 Å². The lowest BCUT2D eigenvalue weighted by atomic mass is 10.0. The van der Waals surface area contributed by atoms with Gasteiger partial charge in [-0.1, -0.05) is 12.1 Å². The number of hydrogen-bond donors (Lipinski definition) is 1. The number of aliphatic carboxylic acids is 1. The predicted octanol–water partition coefficient (Wildman–Crippen LogP) is 2.05. The molecule has 0 unspecified atom stereocenters. The van der Waals surface area contributed by atoms with Gasteiger partial charge in [-0.2, -0.15) is 5.26 Å². The Morgan fingerprint density at radius 1 is 1.57 bits per heavy atom. The molecule has 1 aromatic rings. The van der Waals surface area contributed by atoms with E-state index in [9.17, 15) is 4.79 Å². The third-order valence-electron chi connectivity index (χ3n) is 1.79. The molecule has 0 heterocycles. The number of carbonyl (C=O) groups is 1. The SMILES string of the molecule is C/C(=C/C(=O)O)c1cccc(C#N)c1. The van der Waals surface area contributed by atoms with Crippen LogP contribution in [0.3, 0.4) is 0 Å². The van der Waals surface area contributed by atoms with Gasteiger partial charge in [0.15, 0.2) is 0 Å². The summed E-state index contributed by atoms with van der Waals surface area (Å²) in [6, 6.07) is 8.84. The van der Waals surface area contributed by atoms with E-state index in [1.807, 2.05) is 6.07 Å². The van der Waals surface area contributed by atoms with Crippen LogP contribution >= 0.6 is 0 Å². The van der Waals surface area contributed by atoms with E-state index in [2.05, 4.69) is 0 Å². The van der Waals surface area contributed by atoms with Crippen LogP contribution in [0.25, 0.3) is 5.57 Å². The van der Waals surface area contributed by atoms with Gasteiger partial charge >= 0.3 is 5.97 Å². The van der Waals surface area contributed by atoms with Crippen molar-refractivity contribution in [3.63, 3.8) is 0 Å². The number of hydrogen-bond acceptors (Lipinski definition) is 2. The average Bonchev–Trinajstić information content (AvgIpc) is 2.17. The first-order valence-corrected chi connectivity index (χ1v) is 4.05. The monoisotopic (exact) mass is 187 g/mol. The molecule has 0 fully saturated rings. The van der Waals surface area contributed by atoms with Gasteiger partial charge < -0.3 is 5.11 Å². The fourth-order valence-corrected chi connectivity index (χ4v) is 1.10. The van der Waals surface area contributed by atoms with Crippen molar-refractivity contribution >= 4 is 11.5 Å². The maximum atomic E-state index is 10.4. The van der Waals surface area contributed by atoms with E-state index < -0.39 is 5.97 Å². The lowest BCUT2D eigenvalue weighted by Gasteiger charge is -1.99. The Balaban J connectivity index is 3.09. The molecule has 70 valence electrons. The Morgan fingerprint density at radius 2 is 2.29 bits per heavy atom. The summed E-state index contributed by atoms with van der Waals surface area (Å²) in [5.41, 5.74) is 1.92. The Kier molecular flexibility index (Phi) is 3.03. The molecule has 3 heteroatoms. The van der Waals surface area contributed by atoms with Crippen LogP contribution in [0.4, 0.5) is 0 Å². The lowest BCUT2D eigenvalue weighted by Crippen LogP contribution is -1.90. The van der Waals surface area contributed by atoms with Crippen molar-refractivity contribution in [1.82, 2.24) is 0 Å². The number of rotatable bonds is 2. The first-order valence-electron chi connectivity index (χ1n) is 4.05. The molecule has 0 amide bonds. The van der Waals surface area contributed by atoms with E-state index in [0.717, 1.165) is 11.6 Å². The largest absolute Gasteiger partial charge is 0.478 e. The maximum Gasteiger partial charge on any atom is 0.328 e. The zero-order valence-corrected chi connectivity index (χ0v) is 7.69. The Bertz CT molecular complexity index is 427. The lowest BCUT2D eigenvalue weighted by molar-refractivity contribution is -0.131. The first kappa shape index (κ1) is 10.0. The summed E-state index contributed by atoms with van der Waals surface area (Å²) >= 11 is 0. The van der Waals surface area contributed by atoms with Crippen LogP contribution in [0, 0.1) is 11.3 Å². The van der Waals surface area contributed by atoms with Gasteiger partial charge in [-0.25, -0.2) is 4.79 Å². The predicted molar refractivity (Wildman–Crippen MR) is 52.4 cm³/mol. The molecule has 0 atom stereocenters. The summed E-state index contributed by atoms with van der Waals surface area (Å²) in [6.45, 7) is 1.70. The van der Waals surface area contributed by atoms with Crippen molar-refractivity contribution in [2.24, 2.45) is 0 Å². The van der Waals surface area contributed by atoms with Crippen LogP contribution in [-0.2, 0) is 4.79 Å². The highest BCUT2D eigenvalue weighted by Crippen LogP contribution is 2.14. The normalized spacial score (nSPS) is 10.7. The second-order valence-electron chi connectivity index (χ2n) is 2.86. The maximum absolute atomic E-state index is 10.4. The van der Waals surface area contributed by atoms with E-state index in [4.69, 9.17) is 10.4 Å². The molecule has 0 spiro atoms. The second kappa shape index (κ2) is 4.24. The van der Waals surface area contributed by atoms with Gasteiger partial charge in [0, 0.05) is 6.08 Å². The molecule has 0 bridgehead atoms. The molecule has 14 heavy (non-hydrogen) atoms. The molecule has 0 aliphatic heterocycles. The van der Waals surface area contributed by atoms with Gasteiger partial charge in [-0.05, 0) is 30.2 Å². The Labute approximate surface area is 81.9 Å². The summed E-state index contributed by atoms with van der Waals surface area (Å²) in [6.07, 6.45) is 1.12. The molecule has 3 nitrogen and oxygen atoms in total. The van der Waals surface area contributed by atoms with Crippen molar-refractivity contribution < 1.29 is 9.90 Å². The van der Waals surface area contributed by atoms with Crippen LogP contribution in [0.2, 0.25) is 0 Å². The van der Waals surface area contributed by atoms with Crippen molar-refractivity contribution in [1.29, 1.82) is 5.26 Å². The minimum atomic E-state index is -0.982. The third kappa shape index (κ3) is 2.46. The number of nitriles is 1. The van der Waals surface area contributed by atoms with Gasteiger partial charge in [0.2, 0.25) is 0 Å². The van der Waals surface area contributed by atoms with Gasteiger partial charge in [0.25, 0.3) is 0 Å². The number of carboxylic acid groups (broad SMARTS) is 1. The van der Waals surface area contributed by atoms with Crippen LogP contribution in [-0.4, -0.2) is 11.1 Å². The molecule has 0 aromatic heterocycles. The quantitative estimate of drug-likeness (QED) is 0.720. The van der Waals surface area contributed by atoms with Crippen LogP contribution < -0.4 is 0 Å². The summed E-state index contributed by atoms with van der Waals surface area (Å²) < 4.78 is 0. The standard InChI is InChI=1S/C11H9NO2/c1-8(5-11(13)14)10-4-2-3-9(6-10)7-12/h2-6H,1H3,(H,13,14)/b8-5-. The molecule has 0 aliphatic rings. The minimum Gasteiger partial charge on any atom is -0.478 e. The third-order valence-corrected chi connectivity index (χ3v) is 1.79. The summed E-state index contributed by atoms with van der Waals surface area (Å²) in [7, 11) is 0. The van der Waals surface area contributed by atoms with Crippen molar-refractivity contribution in [2.45, 2.75) is 6.92 Å². The zero-order valence-electron chi connectivity index (χ0n) is 7.69. The number of benzene rings is 1. The topological polar surface area (TPSA) is 61.1 Å². The minimum absolute atomic E-state index is 0.528. The van der Waals surface area contributed by atoms with Crippen molar-refractivity contribution in [3.05, 3.63) is 41.5 Å². The van der Waals surface area contributed by atoms with E-state index in [-0.39, 0.29) is 0 Å². The molecule has 0 radical (unpaired) electrons. The number of carboxylic acids is 1. The molecule has 1 N–H and O–H groups in total. The molecular formula is C11H9NO2. The van der Waals surface area contributed by atoms with Gasteiger partial charge in [0.1, 0.15) is 0 Å². The number of nitrogens with zero attached hydrogens (tertiary/aromatic N) is 1. The highest BCUT2D eigenvalue weighted by molar-refractivity contribution is 5.89. The van der Waals surface area contributed by atoms with Crippen molar-refractivity contribution in [2.75, 3.05) is 0 Å². The molecule has 0 saturated carbocycles. The Hall–Kier alpha value is -2.08. The Morgan fingerprint density at radius 3 is 2.86 bits per heavy atom. The summed E-state index contributed by atoms with van der Waals surface area (Å²) in [5.74, 6) is -0.982. The first-order chi connectivity index (χ1) is 6.63. The van der Waals surface area contributed by atoms with Gasteiger partial charge in [-0.15, -0.1) is 0 Å². The molecular weight excluding hydrogens is 178 g/mol. The summed E-state index contributed by atoms with van der Waals surface area (Å²) in [5, 5.41) is 17.2. The molecule has 1 aromatic carbocycles. The van der Waals surface area contributed by atoms with Gasteiger partial charge in [-0.3, -0.25) is 0 Å². The van der Waals surface area contributed by atoms with Crippen LogP contribution in [0.5, 0.6) is 0 Å². The highest BCUT2D eigenvalue weighted by Gasteiger charge is 1.99. The molecule has 0 saturated heterocycles. The fourth-order valence-electron chi connectivity index (χ4n) is 1.10. The van der Waals surface area contributed by atoms with E-state index in [1.54, 1.807) is 31.2 Å². The van der Waals surface area contributed by atoms with Gasteiger partial charge in [0.05, 0.1) is 11.6 Å². The molecule has 1 rings (SSSR count). The highest BCUT2D eigenvalue weighted by atomic mass is 16.4. The summed E-state index contributed by atoms with van der Waals surface area (Å²) in [4.78, 5) is 10.4. The van der Waals surface area contributed by atoms with Crippen LogP contribution in [0.1, 0.15) is 18.1 Å². The van der Waals surface area contributed by atoms with E-state index in [0.29, 0.717) is 11.1 Å².